The van der Waals surface area contributed by atoms with Crippen LogP contribution in [-0.4, -0.2) is 29.0 Å². The van der Waals surface area contributed by atoms with Crippen LogP contribution >= 0.6 is 0 Å². The van der Waals surface area contributed by atoms with Crippen molar-refractivity contribution in [3.8, 4) is 5.75 Å². The first-order chi connectivity index (χ1) is 14.5. The number of carbonyl (C=O) groups excluding carboxylic acids is 1. The SMILES string of the molecule is C[C@@H](Nc1c(Nc2cccc(C(=O)N3CCCC3)c2O)c(=O)c1=O)c1ccccc1. The molecule has 3 aromatic carbocycles. The average molecular weight is 405 g/mol. The van der Waals surface area contributed by atoms with Gasteiger partial charge in [0.15, 0.2) is 5.75 Å². The van der Waals surface area contributed by atoms with Crippen LogP contribution < -0.4 is 21.5 Å². The van der Waals surface area contributed by atoms with Crippen LogP contribution in [0.3, 0.4) is 0 Å². The molecule has 7 heteroatoms. The number of benzene rings is 2. The highest BCUT2D eigenvalue weighted by molar-refractivity contribution is 5.99. The number of phenols is 1. The normalized spacial score (nSPS) is 14.6. The van der Waals surface area contributed by atoms with Crippen molar-refractivity contribution in [3.05, 3.63) is 80.1 Å². The van der Waals surface area contributed by atoms with Crippen molar-refractivity contribution in [3.63, 3.8) is 0 Å². The Bertz CT molecular complexity index is 1140. The maximum absolute atomic E-state index is 12.7. The summed E-state index contributed by atoms with van der Waals surface area (Å²) in [6.45, 7) is 3.22. The Morgan fingerprint density at radius 3 is 2.33 bits per heavy atom. The van der Waals surface area contributed by atoms with E-state index in [1.165, 1.54) is 0 Å². The van der Waals surface area contributed by atoms with Crippen molar-refractivity contribution in [2.45, 2.75) is 25.8 Å². The molecule has 0 spiro atoms. The lowest BCUT2D eigenvalue weighted by Crippen LogP contribution is -2.37. The standard InChI is InChI=1S/C23H23N3O4/c1-14(15-8-3-2-4-9-15)24-18-19(22(29)21(18)28)25-17-11-7-10-16(20(17)27)23(30)26-12-5-6-13-26/h2-4,7-11,14,24-25,27H,5-6,12-13H2,1H3/t14-/m1/s1. The molecule has 3 N–H and O–H groups in total. The van der Waals surface area contributed by atoms with Crippen LogP contribution in [0.25, 0.3) is 0 Å². The number of amides is 1. The monoisotopic (exact) mass is 405 g/mol. The van der Waals surface area contributed by atoms with Gasteiger partial charge in [0.2, 0.25) is 0 Å². The third-order valence-corrected chi connectivity index (χ3v) is 5.49. The van der Waals surface area contributed by atoms with Gasteiger partial charge in [0, 0.05) is 19.1 Å². The van der Waals surface area contributed by atoms with Crippen molar-refractivity contribution in [1.29, 1.82) is 0 Å². The quantitative estimate of drug-likeness (QED) is 0.430. The second kappa shape index (κ2) is 8.02. The maximum atomic E-state index is 12.7. The number of hydrogen-bond donors (Lipinski definition) is 3. The molecule has 0 unspecified atom stereocenters. The number of para-hydroxylation sites is 1. The van der Waals surface area contributed by atoms with E-state index in [0.717, 1.165) is 18.4 Å². The van der Waals surface area contributed by atoms with Gasteiger partial charge in [-0.3, -0.25) is 14.4 Å². The Morgan fingerprint density at radius 2 is 1.63 bits per heavy atom. The van der Waals surface area contributed by atoms with Gasteiger partial charge in [-0.25, -0.2) is 0 Å². The van der Waals surface area contributed by atoms with Crippen LogP contribution in [0.2, 0.25) is 0 Å². The first-order valence-electron chi connectivity index (χ1n) is 10.0. The summed E-state index contributed by atoms with van der Waals surface area (Å²) in [6.07, 6.45) is 1.89. The molecule has 0 aliphatic carbocycles. The third-order valence-electron chi connectivity index (χ3n) is 5.49. The summed E-state index contributed by atoms with van der Waals surface area (Å²) >= 11 is 0. The molecule has 1 aliphatic rings. The Hall–Kier alpha value is -3.61. The van der Waals surface area contributed by atoms with E-state index in [0.29, 0.717) is 13.1 Å². The van der Waals surface area contributed by atoms with E-state index in [2.05, 4.69) is 10.6 Å². The number of rotatable bonds is 6. The Balaban J connectivity index is 1.58. The molecule has 154 valence electrons. The highest BCUT2D eigenvalue weighted by Crippen LogP contribution is 2.33. The van der Waals surface area contributed by atoms with Crippen LogP contribution in [-0.2, 0) is 0 Å². The predicted octanol–water partition coefficient (Wildman–Crippen LogP) is 3.14. The molecule has 0 saturated carbocycles. The summed E-state index contributed by atoms with van der Waals surface area (Å²) in [4.78, 5) is 38.7. The molecule has 7 nitrogen and oxygen atoms in total. The van der Waals surface area contributed by atoms with Gasteiger partial charge in [0.1, 0.15) is 11.4 Å². The fraction of sp³-hybridized carbons (Fsp3) is 0.261. The smallest absolute Gasteiger partial charge is 0.257 e. The van der Waals surface area contributed by atoms with Gasteiger partial charge in [0.05, 0.1) is 11.3 Å². The number of nitrogens with zero attached hydrogens (tertiary/aromatic N) is 1. The minimum absolute atomic E-state index is 0.0869. The topological polar surface area (TPSA) is 98.7 Å². The van der Waals surface area contributed by atoms with Gasteiger partial charge in [-0.05, 0) is 37.5 Å². The average Bonchev–Trinajstić information content (AvgIpc) is 3.32. The first-order valence-corrected chi connectivity index (χ1v) is 10.0. The molecule has 1 fully saturated rings. The van der Waals surface area contributed by atoms with Crippen LogP contribution in [0.1, 0.15) is 41.7 Å². The molecule has 1 atom stereocenters. The summed E-state index contributed by atoms with van der Waals surface area (Å²) in [5, 5.41) is 16.6. The zero-order valence-electron chi connectivity index (χ0n) is 16.6. The number of nitrogens with one attached hydrogen (secondary N) is 2. The number of aromatic hydroxyl groups is 1. The molecule has 30 heavy (non-hydrogen) atoms. The Labute approximate surface area is 173 Å². The van der Waals surface area contributed by atoms with E-state index in [-0.39, 0.29) is 40.3 Å². The number of likely N-dealkylation sites (tertiary alicyclic amines) is 1. The van der Waals surface area contributed by atoms with Crippen LogP contribution in [0, 0.1) is 0 Å². The molecule has 1 aliphatic heterocycles. The molecule has 3 aromatic rings. The fourth-order valence-electron chi connectivity index (χ4n) is 3.73. The molecule has 0 radical (unpaired) electrons. The van der Waals surface area contributed by atoms with Crippen LogP contribution in [0.4, 0.5) is 17.1 Å². The molecule has 1 saturated heterocycles. The molecule has 0 bridgehead atoms. The van der Waals surface area contributed by atoms with E-state index in [1.807, 2.05) is 37.3 Å². The lowest BCUT2D eigenvalue weighted by molar-refractivity contribution is 0.0790. The lowest BCUT2D eigenvalue weighted by Gasteiger charge is -2.21. The zero-order chi connectivity index (χ0) is 21.3. The summed E-state index contributed by atoms with van der Waals surface area (Å²) in [5.74, 6) is -0.473. The summed E-state index contributed by atoms with van der Waals surface area (Å²) in [5.41, 5.74) is 0.348. The van der Waals surface area contributed by atoms with Gasteiger partial charge < -0.3 is 20.6 Å². The molecular formula is C23H23N3O4. The van der Waals surface area contributed by atoms with Crippen molar-refractivity contribution in [2.24, 2.45) is 0 Å². The van der Waals surface area contributed by atoms with Crippen molar-refractivity contribution < 1.29 is 9.90 Å². The maximum Gasteiger partial charge on any atom is 0.257 e. The van der Waals surface area contributed by atoms with Gasteiger partial charge in [-0.1, -0.05) is 36.4 Å². The van der Waals surface area contributed by atoms with Crippen molar-refractivity contribution in [2.75, 3.05) is 23.7 Å². The number of anilines is 3. The number of carbonyl (C=O) groups is 1. The van der Waals surface area contributed by atoms with E-state index in [1.54, 1.807) is 23.1 Å². The van der Waals surface area contributed by atoms with Gasteiger partial charge >= 0.3 is 0 Å². The van der Waals surface area contributed by atoms with E-state index >= 15 is 0 Å². The minimum Gasteiger partial charge on any atom is -0.505 e. The Morgan fingerprint density at radius 1 is 0.967 bits per heavy atom. The molecule has 0 aromatic heterocycles. The lowest BCUT2D eigenvalue weighted by atomic mass is 10.1. The molecular weight excluding hydrogens is 382 g/mol. The van der Waals surface area contributed by atoms with Crippen LogP contribution in [0.5, 0.6) is 5.75 Å². The summed E-state index contributed by atoms with van der Waals surface area (Å²) < 4.78 is 0. The second-order valence-electron chi connectivity index (χ2n) is 7.51. The Kier molecular flexibility index (Phi) is 5.27. The number of hydrogen-bond acceptors (Lipinski definition) is 6. The van der Waals surface area contributed by atoms with Crippen molar-refractivity contribution >= 4 is 23.0 Å². The fourth-order valence-corrected chi connectivity index (χ4v) is 3.73. The highest BCUT2D eigenvalue weighted by Gasteiger charge is 2.26. The van der Waals surface area contributed by atoms with E-state index < -0.39 is 10.9 Å². The molecule has 1 amide bonds. The van der Waals surface area contributed by atoms with E-state index in [9.17, 15) is 19.5 Å². The minimum atomic E-state index is -0.659. The molecule has 1 heterocycles. The molecule has 4 rings (SSSR count). The third kappa shape index (κ3) is 3.54. The number of phenolic OH excluding ortho intramolecular Hbond substituents is 1. The summed E-state index contributed by atoms with van der Waals surface area (Å²) in [7, 11) is 0. The van der Waals surface area contributed by atoms with Crippen molar-refractivity contribution in [1.82, 2.24) is 4.90 Å². The largest absolute Gasteiger partial charge is 0.505 e. The van der Waals surface area contributed by atoms with Gasteiger partial charge in [0.25, 0.3) is 16.8 Å². The van der Waals surface area contributed by atoms with Crippen LogP contribution in [0.15, 0.2) is 58.1 Å². The second-order valence-corrected chi connectivity index (χ2v) is 7.51. The summed E-state index contributed by atoms with van der Waals surface area (Å²) in [6, 6.07) is 14.1. The first kappa shape index (κ1) is 19.7. The zero-order valence-corrected chi connectivity index (χ0v) is 16.6. The van der Waals surface area contributed by atoms with Gasteiger partial charge in [-0.2, -0.15) is 0 Å². The predicted molar refractivity (Wildman–Crippen MR) is 116 cm³/mol. The van der Waals surface area contributed by atoms with E-state index in [4.69, 9.17) is 0 Å². The van der Waals surface area contributed by atoms with Gasteiger partial charge in [-0.15, -0.1) is 0 Å². The highest BCUT2D eigenvalue weighted by atomic mass is 16.3.